The van der Waals surface area contributed by atoms with Gasteiger partial charge in [-0.2, -0.15) is 5.26 Å². The summed E-state index contributed by atoms with van der Waals surface area (Å²) in [5, 5.41) is 11.6. The van der Waals surface area contributed by atoms with Crippen molar-refractivity contribution in [3.8, 4) is 6.07 Å². The Morgan fingerprint density at radius 1 is 1.12 bits per heavy atom. The lowest BCUT2D eigenvalue weighted by molar-refractivity contribution is -0.664. The maximum atomic E-state index is 9.33. The van der Waals surface area contributed by atoms with Crippen LogP contribution in [0.15, 0.2) is 30.3 Å². The molecule has 16 heavy (non-hydrogen) atoms. The molecular formula is C13H19ClN2. The van der Waals surface area contributed by atoms with Crippen LogP contribution in [0.3, 0.4) is 0 Å². The first-order valence-electron chi connectivity index (χ1n) is 5.16. The quantitative estimate of drug-likeness (QED) is 0.632. The summed E-state index contributed by atoms with van der Waals surface area (Å²) in [5.74, 6) is 0. The highest BCUT2D eigenvalue weighted by molar-refractivity contribution is 5.32. The standard InChI is InChI=1S/C12H14N2.CH4.ClH/c13-10-12(6-8-14-9-7-12)11-4-2-1-3-5-11;;/h1-5,14H,6-9H2;1H4;1H. The fourth-order valence-corrected chi connectivity index (χ4v) is 2.19. The van der Waals surface area contributed by atoms with Crippen molar-refractivity contribution in [2.45, 2.75) is 25.7 Å². The first-order valence-corrected chi connectivity index (χ1v) is 5.16. The second kappa shape index (κ2) is 6.52. The number of rotatable bonds is 1. The molecule has 1 aliphatic heterocycles. The van der Waals surface area contributed by atoms with Crippen LogP contribution in [-0.4, -0.2) is 13.1 Å². The van der Waals surface area contributed by atoms with E-state index in [0.29, 0.717) is 0 Å². The summed E-state index contributed by atoms with van der Waals surface area (Å²) in [6.45, 7) is 2.14. The molecule has 0 aliphatic carbocycles. The molecule has 1 heterocycles. The van der Waals surface area contributed by atoms with Gasteiger partial charge in [0.15, 0.2) is 0 Å². The van der Waals surface area contributed by atoms with Gasteiger partial charge in [-0.3, -0.25) is 0 Å². The Morgan fingerprint density at radius 3 is 2.19 bits per heavy atom. The molecule has 0 amide bonds. The zero-order valence-corrected chi connectivity index (χ0v) is 9.37. The van der Waals surface area contributed by atoms with Crippen molar-refractivity contribution in [1.29, 1.82) is 5.26 Å². The zero-order valence-electron chi connectivity index (χ0n) is 8.62. The van der Waals surface area contributed by atoms with Crippen molar-refractivity contribution < 1.29 is 17.7 Å². The van der Waals surface area contributed by atoms with Gasteiger partial charge in [0, 0.05) is 12.8 Å². The van der Waals surface area contributed by atoms with E-state index in [1.165, 1.54) is 5.56 Å². The van der Waals surface area contributed by atoms with Gasteiger partial charge < -0.3 is 17.7 Å². The molecule has 2 rings (SSSR count). The number of nitrogens with two attached hydrogens (primary N) is 1. The lowest BCUT2D eigenvalue weighted by atomic mass is 9.74. The van der Waals surface area contributed by atoms with Crippen molar-refractivity contribution in [2.24, 2.45) is 0 Å². The molecule has 0 radical (unpaired) electrons. The summed E-state index contributed by atoms with van der Waals surface area (Å²) >= 11 is 0. The molecule has 2 N–H and O–H groups in total. The molecule has 3 heteroatoms. The third-order valence-corrected chi connectivity index (χ3v) is 3.09. The Labute approximate surface area is 104 Å². The third kappa shape index (κ3) is 2.75. The van der Waals surface area contributed by atoms with E-state index < -0.39 is 0 Å². The molecule has 2 nitrogen and oxygen atoms in total. The molecule has 1 aliphatic rings. The van der Waals surface area contributed by atoms with E-state index in [9.17, 15) is 5.26 Å². The third-order valence-electron chi connectivity index (χ3n) is 3.09. The second-order valence-electron chi connectivity index (χ2n) is 3.93. The summed E-state index contributed by atoms with van der Waals surface area (Å²) in [6, 6.07) is 12.7. The Morgan fingerprint density at radius 2 is 1.69 bits per heavy atom. The molecule has 0 bridgehead atoms. The largest absolute Gasteiger partial charge is 1.00 e. The minimum Gasteiger partial charge on any atom is -1.00 e. The first kappa shape index (κ1) is 15.0. The maximum Gasteiger partial charge on any atom is 0.0928 e. The summed E-state index contributed by atoms with van der Waals surface area (Å²) in [4.78, 5) is 0. The van der Waals surface area contributed by atoms with Gasteiger partial charge in [-0.15, -0.1) is 0 Å². The summed E-state index contributed by atoms with van der Waals surface area (Å²) in [5.41, 5.74) is 0.978. The van der Waals surface area contributed by atoms with E-state index in [1.54, 1.807) is 0 Å². The van der Waals surface area contributed by atoms with Gasteiger partial charge in [0.2, 0.25) is 0 Å². The first-order chi connectivity index (χ1) is 6.87. The van der Waals surface area contributed by atoms with Gasteiger partial charge >= 0.3 is 0 Å². The second-order valence-corrected chi connectivity index (χ2v) is 3.93. The molecule has 0 saturated carbocycles. The van der Waals surface area contributed by atoms with Crippen LogP contribution in [0.25, 0.3) is 0 Å². The molecule has 1 saturated heterocycles. The van der Waals surface area contributed by atoms with Crippen LogP contribution in [0.5, 0.6) is 0 Å². The molecule has 88 valence electrons. The van der Waals surface area contributed by atoms with E-state index in [1.807, 2.05) is 18.2 Å². The molecule has 0 unspecified atom stereocenters. The smallest absolute Gasteiger partial charge is 0.0928 e. The Balaban J connectivity index is 0.00000112. The molecule has 0 aromatic heterocycles. The van der Waals surface area contributed by atoms with Crippen LogP contribution in [0.1, 0.15) is 25.8 Å². The van der Waals surface area contributed by atoms with Gasteiger partial charge in [-0.1, -0.05) is 37.8 Å². The van der Waals surface area contributed by atoms with E-state index in [2.05, 4.69) is 23.5 Å². The lowest BCUT2D eigenvalue weighted by Gasteiger charge is -2.29. The van der Waals surface area contributed by atoms with Crippen molar-refractivity contribution in [3.63, 3.8) is 0 Å². The number of piperidine rings is 1. The molecule has 1 aromatic carbocycles. The number of hydrogen-bond donors (Lipinski definition) is 1. The summed E-state index contributed by atoms with van der Waals surface area (Å²) in [7, 11) is 0. The normalized spacial score (nSPS) is 17.4. The van der Waals surface area contributed by atoms with Gasteiger partial charge in [-0.25, -0.2) is 0 Å². The minimum absolute atomic E-state index is 0. The monoisotopic (exact) mass is 238 g/mol. The van der Waals surface area contributed by atoms with Crippen molar-refractivity contribution in [1.82, 2.24) is 0 Å². The van der Waals surface area contributed by atoms with Gasteiger partial charge in [0.05, 0.1) is 24.6 Å². The highest BCUT2D eigenvalue weighted by Crippen LogP contribution is 2.30. The molecule has 1 fully saturated rings. The predicted octanol–water partition coefficient (Wildman–Crippen LogP) is -1.55. The fourth-order valence-electron chi connectivity index (χ4n) is 2.19. The number of hydrogen-bond acceptors (Lipinski definition) is 1. The van der Waals surface area contributed by atoms with Crippen molar-refractivity contribution in [2.75, 3.05) is 13.1 Å². The van der Waals surface area contributed by atoms with Crippen molar-refractivity contribution in [3.05, 3.63) is 35.9 Å². The maximum absolute atomic E-state index is 9.33. The van der Waals surface area contributed by atoms with Gasteiger partial charge in [0.1, 0.15) is 0 Å². The number of benzene rings is 1. The average molecular weight is 239 g/mol. The molecule has 0 atom stereocenters. The van der Waals surface area contributed by atoms with Crippen LogP contribution in [0.2, 0.25) is 0 Å². The zero-order chi connectivity index (χ0) is 9.86. The topological polar surface area (TPSA) is 40.4 Å². The fraction of sp³-hybridized carbons (Fsp3) is 0.462. The summed E-state index contributed by atoms with van der Waals surface area (Å²) < 4.78 is 0. The van der Waals surface area contributed by atoms with Crippen molar-refractivity contribution >= 4 is 0 Å². The van der Waals surface area contributed by atoms with E-state index >= 15 is 0 Å². The Hall–Kier alpha value is -1.04. The van der Waals surface area contributed by atoms with Crippen LogP contribution in [-0.2, 0) is 5.41 Å². The predicted molar refractivity (Wildman–Crippen MR) is 61.4 cm³/mol. The van der Waals surface area contributed by atoms with Crippen LogP contribution in [0, 0.1) is 11.3 Å². The molecular weight excluding hydrogens is 220 g/mol. The Kier molecular flexibility index (Phi) is 6.10. The Bertz CT molecular complexity index is 337. The number of quaternary nitrogens is 1. The van der Waals surface area contributed by atoms with Gasteiger partial charge in [-0.05, 0) is 5.56 Å². The number of nitriles is 1. The summed E-state index contributed by atoms with van der Waals surface area (Å²) in [6.07, 6.45) is 1.96. The van der Waals surface area contributed by atoms with Crippen LogP contribution in [0.4, 0.5) is 0 Å². The van der Waals surface area contributed by atoms with Crippen LogP contribution < -0.4 is 17.7 Å². The highest BCUT2D eigenvalue weighted by Gasteiger charge is 2.35. The number of nitrogens with zero attached hydrogens (tertiary/aromatic N) is 1. The van der Waals surface area contributed by atoms with Gasteiger partial charge in [0.25, 0.3) is 0 Å². The van der Waals surface area contributed by atoms with Crippen LogP contribution >= 0.6 is 0 Å². The van der Waals surface area contributed by atoms with E-state index in [0.717, 1.165) is 25.9 Å². The molecule has 0 spiro atoms. The highest BCUT2D eigenvalue weighted by atomic mass is 35.5. The molecule has 1 aromatic rings. The van der Waals surface area contributed by atoms with E-state index in [-0.39, 0.29) is 25.2 Å². The number of halogens is 1. The lowest BCUT2D eigenvalue weighted by Crippen LogP contribution is -3.00. The van der Waals surface area contributed by atoms with E-state index in [4.69, 9.17) is 0 Å². The average Bonchev–Trinajstić information content (AvgIpc) is 2.31. The SMILES string of the molecule is C.N#CC1(c2ccccc2)CC[NH2+]CC1.[Cl-]. The minimum atomic E-state index is -0.212.